The summed E-state index contributed by atoms with van der Waals surface area (Å²) in [5.74, 6) is -0.514. The van der Waals surface area contributed by atoms with Gasteiger partial charge in [-0.2, -0.15) is 0 Å². The van der Waals surface area contributed by atoms with Gasteiger partial charge in [0, 0.05) is 0 Å². The molecule has 4 atom stereocenters. The molecule has 1 aliphatic rings. The molecule has 1 saturated heterocycles. The lowest BCUT2D eigenvalue weighted by atomic mass is 9.96. The molecule has 4 heteroatoms. The zero-order valence-corrected chi connectivity index (χ0v) is 13.0. The molecule has 23 heavy (non-hydrogen) atoms. The van der Waals surface area contributed by atoms with Gasteiger partial charge < -0.3 is 14.6 Å². The summed E-state index contributed by atoms with van der Waals surface area (Å²) in [4.78, 5) is 12.2. The third kappa shape index (κ3) is 3.28. The molecule has 2 aromatic carbocycles. The number of benzene rings is 2. The highest BCUT2D eigenvalue weighted by molar-refractivity contribution is 5.76. The van der Waals surface area contributed by atoms with Crippen LogP contribution >= 0.6 is 0 Å². The van der Waals surface area contributed by atoms with Crippen molar-refractivity contribution in [1.29, 1.82) is 0 Å². The number of hydrogen-bond acceptors (Lipinski definition) is 4. The van der Waals surface area contributed by atoms with E-state index in [1.54, 1.807) is 0 Å². The molecule has 0 amide bonds. The van der Waals surface area contributed by atoms with E-state index in [9.17, 15) is 9.90 Å². The highest BCUT2D eigenvalue weighted by atomic mass is 16.6. The highest BCUT2D eigenvalue weighted by Gasteiger charge is 2.42. The molecule has 120 valence electrons. The molecule has 0 aromatic heterocycles. The van der Waals surface area contributed by atoms with Crippen molar-refractivity contribution >= 4 is 5.97 Å². The molecular formula is C19H20O4. The van der Waals surface area contributed by atoms with Crippen molar-refractivity contribution in [1.82, 2.24) is 0 Å². The average Bonchev–Trinajstić information content (AvgIpc) is 2.62. The number of aliphatic hydroxyl groups excluding tert-OH is 1. The highest BCUT2D eigenvalue weighted by Crippen LogP contribution is 2.40. The second-order valence-electron chi connectivity index (χ2n) is 5.63. The van der Waals surface area contributed by atoms with Crippen molar-refractivity contribution in [2.45, 2.75) is 37.8 Å². The fourth-order valence-corrected chi connectivity index (χ4v) is 2.78. The first kappa shape index (κ1) is 15.7. The molecule has 0 radical (unpaired) electrons. The SMILES string of the molecule is CC[C@H](O)[C@@H]1O[C@@H](c2ccccc2)[C@H](c2ccccc2)OC1=O. The lowest BCUT2D eigenvalue weighted by Crippen LogP contribution is -2.45. The fraction of sp³-hybridized carbons (Fsp3) is 0.316. The Morgan fingerprint density at radius 3 is 2.00 bits per heavy atom. The van der Waals surface area contributed by atoms with Gasteiger partial charge in [0.25, 0.3) is 0 Å². The minimum absolute atomic E-state index is 0.428. The van der Waals surface area contributed by atoms with Gasteiger partial charge in [-0.15, -0.1) is 0 Å². The molecule has 0 saturated carbocycles. The van der Waals surface area contributed by atoms with Gasteiger partial charge in [-0.25, -0.2) is 4.79 Å². The Morgan fingerprint density at radius 1 is 0.957 bits per heavy atom. The molecule has 0 spiro atoms. The van der Waals surface area contributed by atoms with Crippen LogP contribution in [0.1, 0.15) is 36.7 Å². The number of aliphatic hydroxyl groups is 1. The van der Waals surface area contributed by atoms with E-state index in [0.29, 0.717) is 6.42 Å². The number of hydrogen-bond donors (Lipinski definition) is 1. The Kier molecular flexibility index (Phi) is 4.74. The van der Waals surface area contributed by atoms with Gasteiger partial charge in [-0.05, 0) is 17.5 Å². The van der Waals surface area contributed by atoms with Crippen LogP contribution in [0.4, 0.5) is 0 Å². The number of carbonyl (C=O) groups excluding carboxylic acids is 1. The lowest BCUT2D eigenvalue weighted by Gasteiger charge is -2.37. The Morgan fingerprint density at radius 2 is 1.48 bits per heavy atom. The second kappa shape index (κ2) is 6.94. The zero-order valence-electron chi connectivity index (χ0n) is 13.0. The topological polar surface area (TPSA) is 55.8 Å². The van der Waals surface area contributed by atoms with Gasteiger partial charge in [0.15, 0.2) is 12.2 Å². The van der Waals surface area contributed by atoms with Crippen molar-refractivity contribution in [3.05, 3.63) is 71.8 Å². The summed E-state index contributed by atoms with van der Waals surface area (Å²) in [6.45, 7) is 1.81. The normalized spacial score (nSPS) is 25.7. The smallest absolute Gasteiger partial charge is 0.338 e. The van der Waals surface area contributed by atoms with Crippen LogP contribution in [0.25, 0.3) is 0 Å². The van der Waals surface area contributed by atoms with Crippen LogP contribution in [0.15, 0.2) is 60.7 Å². The molecule has 2 aromatic rings. The van der Waals surface area contributed by atoms with E-state index in [-0.39, 0.29) is 0 Å². The summed E-state index contributed by atoms with van der Waals surface area (Å²) < 4.78 is 11.6. The number of rotatable bonds is 4. The first-order valence-corrected chi connectivity index (χ1v) is 7.84. The van der Waals surface area contributed by atoms with Crippen LogP contribution in [0, 0.1) is 0 Å². The Labute approximate surface area is 135 Å². The van der Waals surface area contributed by atoms with Gasteiger partial charge in [-0.3, -0.25) is 0 Å². The maximum absolute atomic E-state index is 12.2. The summed E-state index contributed by atoms with van der Waals surface area (Å²) >= 11 is 0. The van der Waals surface area contributed by atoms with Crippen LogP contribution in [-0.4, -0.2) is 23.3 Å². The summed E-state index contributed by atoms with van der Waals surface area (Å²) in [6, 6.07) is 19.2. The first-order chi connectivity index (χ1) is 11.2. The summed E-state index contributed by atoms with van der Waals surface area (Å²) in [7, 11) is 0. The van der Waals surface area contributed by atoms with Gasteiger partial charge in [-0.1, -0.05) is 67.6 Å². The second-order valence-corrected chi connectivity index (χ2v) is 5.63. The number of carbonyl (C=O) groups is 1. The minimum Gasteiger partial charge on any atom is -0.452 e. The van der Waals surface area contributed by atoms with Crippen LogP contribution in [0.5, 0.6) is 0 Å². The quantitative estimate of drug-likeness (QED) is 0.881. The number of esters is 1. The van der Waals surface area contributed by atoms with Gasteiger partial charge >= 0.3 is 5.97 Å². The van der Waals surface area contributed by atoms with Crippen LogP contribution < -0.4 is 0 Å². The van der Waals surface area contributed by atoms with E-state index < -0.39 is 30.4 Å². The van der Waals surface area contributed by atoms with E-state index in [4.69, 9.17) is 9.47 Å². The van der Waals surface area contributed by atoms with Gasteiger partial charge in [0.2, 0.25) is 0 Å². The van der Waals surface area contributed by atoms with E-state index in [1.165, 1.54) is 0 Å². The molecule has 3 rings (SSSR count). The summed E-state index contributed by atoms with van der Waals surface area (Å²) in [5.41, 5.74) is 1.79. The summed E-state index contributed by atoms with van der Waals surface area (Å²) in [5, 5.41) is 10.0. The van der Waals surface area contributed by atoms with Crippen molar-refractivity contribution in [2.24, 2.45) is 0 Å². The van der Waals surface area contributed by atoms with Crippen molar-refractivity contribution in [2.75, 3.05) is 0 Å². The third-order valence-electron chi connectivity index (χ3n) is 4.07. The molecule has 1 N–H and O–H groups in total. The Hall–Kier alpha value is -2.17. The minimum atomic E-state index is -0.954. The third-order valence-corrected chi connectivity index (χ3v) is 4.07. The van der Waals surface area contributed by atoms with Gasteiger partial charge in [0.1, 0.15) is 6.10 Å². The molecule has 1 heterocycles. The predicted molar refractivity (Wildman–Crippen MR) is 85.6 cm³/mol. The molecule has 0 unspecified atom stereocenters. The molecule has 1 aliphatic heterocycles. The fourth-order valence-electron chi connectivity index (χ4n) is 2.78. The number of ether oxygens (including phenoxy) is 2. The molecule has 0 aliphatic carbocycles. The molecular weight excluding hydrogens is 292 g/mol. The van der Waals surface area contributed by atoms with Crippen LogP contribution in [0.2, 0.25) is 0 Å². The van der Waals surface area contributed by atoms with E-state index >= 15 is 0 Å². The van der Waals surface area contributed by atoms with Crippen molar-refractivity contribution in [3.63, 3.8) is 0 Å². The molecule has 1 fully saturated rings. The largest absolute Gasteiger partial charge is 0.452 e. The van der Waals surface area contributed by atoms with E-state index in [0.717, 1.165) is 11.1 Å². The zero-order chi connectivity index (χ0) is 16.2. The van der Waals surface area contributed by atoms with E-state index in [1.807, 2.05) is 67.6 Å². The molecule has 0 bridgehead atoms. The monoisotopic (exact) mass is 312 g/mol. The van der Waals surface area contributed by atoms with Crippen molar-refractivity contribution in [3.8, 4) is 0 Å². The lowest BCUT2D eigenvalue weighted by molar-refractivity contribution is -0.216. The average molecular weight is 312 g/mol. The van der Waals surface area contributed by atoms with E-state index in [2.05, 4.69) is 0 Å². The first-order valence-electron chi connectivity index (χ1n) is 7.84. The Balaban J connectivity index is 1.96. The van der Waals surface area contributed by atoms with Crippen molar-refractivity contribution < 1.29 is 19.4 Å². The maximum atomic E-state index is 12.2. The van der Waals surface area contributed by atoms with Crippen LogP contribution in [-0.2, 0) is 14.3 Å². The summed E-state index contributed by atoms with van der Waals surface area (Å²) in [6.07, 6.45) is -2.36. The van der Waals surface area contributed by atoms with Gasteiger partial charge in [0.05, 0.1) is 6.10 Å². The number of cyclic esters (lactones) is 1. The van der Waals surface area contributed by atoms with Crippen LogP contribution in [0.3, 0.4) is 0 Å². The standard InChI is InChI=1S/C19H20O4/c1-2-15(20)18-19(21)23-17(14-11-7-4-8-12-14)16(22-18)13-9-5-3-6-10-13/h3-12,15-18,20H,2H2,1H3/t15-,16-,17-,18-/m0/s1. The molecule has 4 nitrogen and oxygen atoms in total. The Bertz CT molecular complexity index is 641. The predicted octanol–water partition coefficient (Wildman–Crippen LogP) is 3.18. The maximum Gasteiger partial charge on any atom is 0.338 e.